The number of thiophene rings is 1. The third-order valence-electron chi connectivity index (χ3n) is 6.62. The molecule has 6 rings (SSSR count). The van der Waals surface area contributed by atoms with Gasteiger partial charge in [-0.2, -0.15) is 0 Å². The predicted octanol–water partition coefficient (Wildman–Crippen LogP) is 5.47. The zero-order valence-corrected chi connectivity index (χ0v) is 20.1. The molecule has 0 bridgehead atoms. The highest BCUT2D eigenvalue weighted by Gasteiger charge is 2.33. The number of amides is 3. The van der Waals surface area contributed by atoms with Crippen LogP contribution in [-0.4, -0.2) is 48.0 Å². The largest absolute Gasteiger partial charge is 0.347 e. The molecule has 3 amide bonds. The van der Waals surface area contributed by atoms with Gasteiger partial charge in [-0.05, 0) is 55.8 Å². The first-order valence-corrected chi connectivity index (χ1v) is 12.6. The Morgan fingerprint density at radius 3 is 2.77 bits per heavy atom. The molecule has 35 heavy (non-hydrogen) atoms. The van der Waals surface area contributed by atoms with Crippen molar-refractivity contribution in [3.63, 3.8) is 0 Å². The van der Waals surface area contributed by atoms with E-state index in [1.165, 1.54) is 11.3 Å². The summed E-state index contributed by atoms with van der Waals surface area (Å²) in [5.74, 6) is -0.158. The number of nitrogens with zero attached hydrogens (tertiary/aromatic N) is 3. The number of urea groups is 1. The molecular formula is C27H25N5O2S. The van der Waals surface area contributed by atoms with Crippen LogP contribution in [0.4, 0.5) is 21.9 Å². The summed E-state index contributed by atoms with van der Waals surface area (Å²) in [5.41, 5.74) is 4.14. The number of rotatable bonds is 4. The van der Waals surface area contributed by atoms with Crippen LogP contribution in [0, 0.1) is 0 Å². The molecule has 0 radical (unpaired) electrons. The second kappa shape index (κ2) is 8.79. The zero-order chi connectivity index (χ0) is 23.9. The number of nitrogens with one attached hydrogen (secondary N) is 2. The first kappa shape index (κ1) is 21.8. The fraction of sp³-hybridized carbons (Fsp3) is 0.222. The summed E-state index contributed by atoms with van der Waals surface area (Å²) in [6.07, 6.45) is 3.71. The van der Waals surface area contributed by atoms with Crippen LogP contribution >= 0.6 is 11.3 Å². The lowest BCUT2D eigenvalue weighted by atomic mass is 10.0. The molecule has 7 nitrogen and oxygen atoms in total. The van der Waals surface area contributed by atoms with E-state index in [9.17, 15) is 9.59 Å². The molecule has 1 saturated heterocycles. The molecule has 1 atom stereocenters. The molecule has 2 aromatic heterocycles. The summed E-state index contributed by atoms with van der Waals surface area (Å²) in [6.45, 7) is 1.87. The van der Waals surface area contributed by atoms with E-state index in [1.807, 2.05) is 60.7 Å². The Bertz CT molecular complexity index is 1430. The summed E-state index contributed by atoms with van der Waals surface area (Å²) >= 11 is 1.32. The molecule has 2 aliphatic rings. The van der Waals surface area contributed by atoms with E-state index >= 15 is 0 Å². The van der Waals surface area contributed by atoms with Gasteiger partial charge in [-0.25, -0.2) is 9.78 Å². The van der Waals surface area contributed by atoms with Crippen molar-refractivity contribution >= 4 is 50.6 Å². The van der Waals surface area contributed by atoms with Crippen molar-refractivity contribution in [1.82, 2.24) is 15.2 Å². The normalized spacial score (nSPS) is 17.9. The van der Waals surface area contributed by atoms with E-state index in [4.69, 9.17) is 0 Å². The van der Waals surface area contributed by atoms with E-state index in [0.29, 0.717) is 10.6 Å². The Balaban J connectivity index is 1.38. The number of aromatic nitrogens is 1. The summed E-state index contributed by atoms with van der Waals surface area (Å²) in [6, 6.07) is 19.6. The smallest absolute Gasteiger partial charge is 0.331 e. The molecular weight excluding hydrogens is 458 g/mol. The van der Waals surface area contributed by atoms with E-state index in [0.717, 1.165) is 58.6 Å². The van der Waals surface area contributed by atoms with Gasteiger partial charge in [0.05, 0.1) is 22.4 Å². The van der Waals surface area contributed by atoms with Gasteiger partial charge in [0, 0.05) is 18.8 Å². The SMILES string of the molecule is CN1CCC[C@@H](NC(=O)c2sc3nccc4c3c2NC(=O)N4c2cccc(-c3ccccc3)c2)C1. The predicted molar refractivity (Wildman–Crippen MR) is 141 cm³/mol. The number of hydrogen-bond donors (Lipinski definition) is 2. The van der Waals surface area contributed by atoms with Gasteiger partial charge in [-0.1, -0.05) is 42.5 Å². The number of carbonyl (C=O) groups is 2. The van der Waals surface area contributed by atoms with Crippen LogP contribution in [0.2, 0.25) is 0 Å². The van der Waals surface area contributed by atoms with Gasteiger partial charge >= 0.3 is 6.03 Å². The number of hydrogen-bond acceptors (Lipinski definition) is 5. The van der Waals surface area contributed by atoms with Crippen LogP contribution < -0.4 is 15.5 Å². The molecule has 4 aromatic rings. The van der Waals surface area contributed by atoms with Crippen molar-refractivity contribution in [2.24, 2.45) is 0 Å². The summed E-state index contributed by atoms with van der Waals surface area (Å²) in [4.78, 5) is 36.3. The van der Waals surface area contributed by atoms with Crippen molar-refractivity contribution in [3.8, 4) is 11.1 Å². The van der Waals surface area contributed by atoms with Crippen molar-refractivity contribution in [2.45, 2.75) is 18.9 Å². The second-order valence-corrected chi connectivity index (χ2v) is 10.1. The van der Waals surface area contributed by atoms with Gasteiger partial charge in [0.25, 0.3) is 5.91 Å². The van der Waals surface area contributed by atoms with Crippen LogP contribution in [-0.2, 0) is 0 Å². The van der Waals surface area contributed by atoms with Crippen LogP contribution in [0.25, 0.3) is 21.3 Å². The highest BCUT2D eigenvalue weighted by Crippen LogP contribution is 2.46. The number of anilines is 3. The van der Waals surface area contributed by atoms with E-state index in [1.54, 1.807) is 11.1 Å². The van der Waals surface area contributed by atoms with Crippen LogP contribution in [0.15, 0.2) is 66.9 Å². The minimum Gasteiger partial charge on any atom is -0.347 e. The zero-order valence-electron chi connectivity index (χ0n) is 19.3. The van der Waals surface area contributed by atoms with Crippen molar-refractivity contribution in [1.29, 1.82) is 0 Å². The molecule has 4 heterocycles. The molecule has 1 fully saturated rings. The number of likely N-dealkylation sites (N-methyl/N-ethyl adjacent to an activating group) is 1. The van der Waals surface area contributed by atoms with E-state index < -0.39 is 0 Å². The van der Waals surface area contributed by atoms with Crippen molar-refractivity contribution < 1.29 is 9.59 Å². The van der Waals surface area contributed by atoms with Gasteiger partial charge in [-0.3, -0.25) is 9.69 Å². The Labute approximate surface area is 207 Å². The van der Waals surface area contributed by atoms with E-state index in [-0.39, 0.29) is 18.0 Å². The average molecular weight is 484 g/mol. The molecule has 2 aliphatic heterocycles. The number of carbonyl (C=O) groups excluding carboxylic acids is 2. The number of pyridine rings is 1. The lowest BCUT2D eigenvalue weighted by molar-refractivity contribution is 0.0917. The molecule has 2 aromatic carbocycles. The summed E-state index contributed by atoms with van der Waals surface area (Å²) in [7, 11) is 2.07. The van der Waals surface area contributed by atoms with Crippen LogP contribution in [0.5, 0.6) is 0 Å². The van der Waals surface area contributed by atoms with Crippen molar-refractivity contribution in [3.05, 3.63) is 71.7 Å². The highest BCUT2D eigenvalue weighted by atomic mass is 32.1. The monoisotopic (exact) mass is 483 g/mol. The van der Waals surface area contributed by atoms with Crippen LogP contribution in [0.3, 0.4) is 0 Å². The second-order valence-electron chi connectivity index (χ2n) is 9.07. The fourth-order valence-corrected chi connectivity index (χ4v) is 6.01. The first-order valence-electron chi connectivity index (χ1n) is 11.8. The maximum absolute atomic E-state index is 13.4. The lowest BCUT2D eigenvalue weighted by Crippen LogP contribution is -2.46. The minimum atomic E-state index is -0.292. The molecule has 8 heteroatoms. The highest BCUT2D eigenvalue weighted by molar-refractivity contribution is 7.21. The van der Waals surface area contributed by atoms with Gasteiger partial charge < -0.3 is 15.5 Å². The maximum atomic E-state index is 13.4. The third-order valence-corrected chi connectivity index (χ3v) is 7.72. The Kier molecular flexibility index (Phi) is 5.47. The van der Waals surface area contributed by atoms with E-state index in [2.05, 4.69) is 27.6 Å². The van der Waals surface area contributed by atoms with Crippen LogP contribution in [0.1, 0.15) is 22.5 Å². The fourth-order valence-electron chi connectivity index (χ4n) is 4.99. The molecule has 0 spiro atoms. The first-order chi connectivity index (χ1) is 17.1. The number of likely N-dealkylation sites (tertiary alicyclic amines) is 1. The molecule has 0 saturated carbocycles. The summed E-state index contributed by atoms with van der Waals surface area (Å²) < 4.78 is 0. The number of piperidine rings is 1. The Hall–Kier alpha value is -3.75. The summed E-state index contributed by atoms with van der Waals surface area (Å²) in [5, 5.41) is 6.96. The van der Waals surface area contributed by atoms with Gasteiger partial charge in [0.1, 0.15) is 9.71 Å². The minimum absolute atomic E-state index is 0.0996. The third kappa shape index (κ3) is 3.94. The molecule has 0 aliphatic carbocycles. The quantitative estimate of drug-likeness (QED) is 0.403. The molecule has 0 unspecified atom stereocenters. The number of benzene rings is 2. The molecule has 2 N–H and O–H groups in total. The maximum Gasteiger partial charge on any atom is 0.331 e. The van der Waals surface area contributed by atoms with Gasteiger partial charge in [0.2, 0.25) is 0 Å². The average Bonchev–Trinajstić information content (AvgIpc) is 3.24. The van der Waals surface area contributed by atoms with Crippen molar-refractivity contribution in [2.75, 3.05) is 30.4 Å². The van der Waals surface area contributed by atoms with Gasteiger partial charge in [-0.15, -0.1) is 11.3 Å². The standard InChI is InChI=1S/C27H25N5O2S/c1-31-14-6-10-19(16-31)29-25(33)24-23-22-21(12-13-28-26(22)35-24)32(27(34)30-23)20-11-5-9-18(15-20)17-7-3-2-4-8-17/h2-5,7-9,11-13,15,19H,6,10,14,16H2,1H3,(H,29,33)(H,30,34)/t19-/m1/s1. The topological polar surface area (TPSA) is 77.6 Å². The van der Waals surface area contributed by atoms with Gasteiger partial charge in [0.15, 0.2) is 0 Å². The Morgan fingerprint density at radius 2 is 1.94 bits per heavy atom. The molecule has 176 valence electrons. The Morgan fingerprint density at radius 1 is 1.11 bits per heavy atom. The lowest BCUT2D eigenvalue weighted by Gasteiger charge is -2.30.